The van der Waals surface area contributed by atoms with Crippen molar-refractivity contribution >= 4 is 11.7 Å². The predicted octanol–water partition coefficient (Wildman–Crippen LogP) is 1.68. The zero-order chi connectivity index (χ0) is 16.7. The first-order chi connectivity index (χ1) is 11.2. The van der Waals surface area contributed by atoms with Crippen molar-refractivity contribution in [1.29, 1.82) is 0 Å². The second-order valence-corrected chi connectivity index (χ2v) is 5.29. The Morgan fingerprint density at radius 1 is 1.26 bits per heavy atom. The minimum absolute atomic E-state index is 0.0418. The molecule has 1 fully saturated rings. The fourth-order valence-electron chi connectivity index (χ4n) is 2.54. The third kappa shape index (κ3) is 4.65. The van der Waals surface area contributed by atoms with E-state index in [9.17, 15) is 4.79 Å². The van der Waals surface area contributed by atoms with Crippen molar-refractivity contribution in [3.05, 3.63) is 30.3 Å². The summed E-state index contributed by atoms with van der Waals surface area (Å²) in [5.74, 6) is 0. The van der Waals surface area contributed by atoms with E-state index < -0.39 is 0 Å². The minimum atomic E-state index is -0.308. The molecule has 1 N–H and O–H groups in total. The van der Waals surface area contributed by atoms with E-state index in [1.165, 1.54) is 0 Å². The standard InChI is InChI=1S/C16H26N4O3/c1-4-22-15-13-19(12-11-18(15)3)20(16(21)17-23-5-2)14-9-7-6-8-10-14/h6-10,15H,4-5,11-13H2,1-3H3,(H,17,21). The highest BCUT2D eigenvalue weighted by molar-refractivity contribution is 5.90. The molecule has 1 aromatic carbocycles. The van der Waals surface area contributed by atoms with Crippen molar-refractivity contribution in [1.82, 2.24) is 15.4 Å². The summed E-state index contributed by atoms with van der Waals surface area (Å²) in [4.78, 5) is 19.8. The maximum Gasteiger partial charge on any atom is 0.360 e. The summed E-state index contributed by atoms with van der Waals surface area (Å²) in [6, 6.07) is 9.24. The fourth-order valence-corrected chi connectivity index (χ4v) is 2.54. The van der Waals surface area contributed by atoms with Crippen LogP contribution in [-0.4, -0.2) is 62.1 Å². The summed E-state index contributed by atoms with van der Waals surface area (Å²) in [5.41, 5.74) is 3.27. The van der Waals surface area contributed by atoms with Gasteiger partial charge in [-0.05, 0) is 33.0 Å². The van der Waals surface area contributed by atoms with Gasteiger partial charge in [0, 0.05) is 19.7 Å². The van der Waals surface area contributed by atoms with Gasteiger partial charge < -0.3 is 4.74 Å². The van der Waals surface area contributed by atoms with Crippen molar-refractivity contribution < 1.29 is 14.4 Å². The van der Waals surface area contributed by atoms with Gasteiger partial charge in [-0.2, -0.15) is 0 Å². The number of anilines is 1. The number of hydrogen-bond donors (Lipinski definition) is 1. The lowest BCUT2D eigenvalue weighted by Gasteiger charge is -2.43. The molecule has 0 aromatic heterocycles. The zero-order valence-electron chi connectivity index (χ0n) is 14.1. The molecule has 0 bridgehead atoms. The predicted molar refractivity (Wildman–Crippen MR) is 88.7 cm³/mol. The molecular weight excluding hydrogens is 296 g/mol. The third-order valence-corrected chi connectivity index (χ3v) is 3.71. The number of hydrazine groups is 1. The summed E-state index contributed by atoms with van der Waals surface area (Å²) in [6.45, 7) is 7.01. The van der Waals surface area contributed by atoms with E-state index in [0.717, 1.165) is 18.8 Å². The van der Waals surface area contributed by atoms with E-state index in [0.29, 0.717) is 19.8 Å². The van der Waals surface area contributed by atoms with Gasteiger partial charge in [0.15, 0.2) is 0 Å². The van der Waals surface area contributed by atoms with Crippen LogP contribution in [0.3, 0.4) is 0 Å². The molecule has 0 aliphatic carbocycles. The Balaban J connectivity index is 2.17. The maximum atomic E-state index is 12.5. The number of amides is 2. The number of nitrogens with zero attached hydrogens (tertiary/aromatic N) is 3. The van der Waals surface area contributed by atoms with Gasteiger partial charge in [-0.1, -0.05) is 18.2 Å². The number of rotatable bonds is 6. The van der Waals surface area contributed by atoms with Crippen LogP contribution >= 0.6 is 0 Å². The number of likely N-dealkylation sites (N-methyl/N-ethyl adjacent to an activating group) is 1. The molecule has 2 amide bonds. The molecule has 1 unspecified atom stereocenters. The van der Waals surface area contributed by atoms with Gasteiger partial charge in [-0.3, -0.25) is 9.74 Å². The average molecular weight is 322 g/mol. The van der Waals surface area contributed by atoms with Crippen LogP contribution in [0.5, 0.6) is 0 Å². The Morgan fingerprint density at radius 3 is 2.65 bits per heavy atom. The van der Waals surface area contributed by atoms with Gasteiger partial charge >= 0.3 is 6.03 Å². The molecule has 1 saturated heterocycles. The molecule has 7 nitrogen and oxygen atoms in total. The number of hydrogen-bond acceptors (Lipinski definition) is 5. The summed E-state index contributed by atoms with van der Waals surface area (Å²) in [7, 11) is 2.03. The second kappa shape index (κ2) is 8.83. The van der Waals surface area contributed by atoms with Gasteiger partial charge in [0.1, 0.15) is 6.23 Å². The van der Waals surface area contributed by atoms with Gasteiger partial charge in [0.2, 0.25) is 0 Å². The maximum absolute atomic E-state index is 12.5. The first-order valence-electron chi connectivity index (χ1n) is 8.01. The summed E-state index contributed by atoms with van der Waals surface area (Å²) in [6.07, 6.45) is -0.0418. The lowest BCUT2D eigenvalue weighted by atomic mass is 10.3. The van der Waals surface area contributed by atoms with Gasteiger partial charge in [0.05, 0.1) is 18.8 Å². The summed E-state index contributed by atoms with van der Waals surface area (Å²) < 4.78 is 5.77. The van der Waals surface area contributed by atoms with Crippen LogP contribution in [0.25, 0.3) is 0 Å². The summed E-state index contributed by atoms with van der Waals surface area (Å²) >= 11 is 0. The fraction of sp³-hybridized carbons (Fsp3) is 0.562. The van der Waals surface area contributed by atoms with Crippen LogP contribution in [0.4, 0.5) is 10.5 Å². The van der Waals surface area contributed by atoms with Gasteiger partial charge in [-0.15, -0.1) is 0 Å². The van der Waals surface area contributed by atoms with Gasteiger partial charge in [0.25, 0.3) is 0 Å². The van der Waals surface area contributed by atoms with Crippen LogP contribution in [0, 0.1) is 0 Å². The van der Waals surface area contributed by atoms with Crippen LogP contribution in [-0.2, 0) is 9.57 Å². The Labute approximate surface area is 137 Å². The topological polar surface area (TPSA) is 57.3 Å². The highest BCUT2D eigenvalue weighted by Gasteiger charge is 2.31. The Hall–Kier alpha value is -1.67. The number of carbonyl (C=O) groups is 1. The van der Waals surface area contributed by atoms with E-state index >= 15 is 0 Å². The highest BCUT2D eigenvalue weighted by Crippen LogP contribution is 2.20. The number of nitrogens with one attached hydrogen (secondary N) is 1. The molecule has 1 aliphatic rings. The first kappa shape index (κ1) is 17.7. The van der Waals surface area contributed by atoms with E-state index in [4.69, 9.17) is 9.57 Å². The zero-order valence-corrected chi connectivity index (χ0v) is 14.1. The molecule has 7 heteroatoms. The molecule has 0 radical (unpaired) electrons. The molecule has 0 spiro atoms. The summed E-state index contributed by atoms with van der Waals surface area (Å²) in [5, 5.41) is 3.61. The number of hydroxylamine groups is 1. The smallest absolute Gasteiger partial charge is 0.360 e. The largest absolute Gasteiger partial charge is 0.362 e. The van der Waals surface area contributed by atoms with E-state index in [1.807, 2.05) is 56.2 Å². The number of piperazine rings is 1. The van der Waals surface area contributed by atoms with Gasteiger partial charge in [-0.25, -0.2) is 20.3 Å². The minimum Gasteiger partial charge on any atom is -0.362 e. The molecule has 1 aliphatic heterocycles. The van der Waals surface area contributed by atoms with E-state index in [2.05, 4.69) is 10.4 Å². The molecule has 0 saturated carbocycles. The lowest BCUT2D eigenvalue weighted by Crippen LogP contribution is -2.61. The molecule has 23 heavy (non-hydrogen) atoms. The Morgan fingerprint density at radius 2 is 2.00 bits per heavy atom. The van der Waals surface area contributed by atoms with Crippen molar-refractivity contribution in [2.45, 2.75) is 20.1 Å². The highest BCUT2D eigenvalue weighted by atomic mass is 16.7. The number of carbonyl (C=O) groups excluding carboxylic acids is 1. The average Bonchev–Trinajstić information content (AvgIpc) is 2.57. The quantitative estimate of drug-likeness (QED) is 0.808. The second-order valence-electron chi connectivity index (χ2n) is 5.29. The van der Waals surface area contributed by atoms with Crippen molar-refractivity contribution in [2.75, 3.05) is 44.9 Å². The van der Waals surface area contributed by atoms with Crippen LogP contribution < -0.4 is 10.5 Å². The number of benzene rings is 1. The molecular formula is C16H26N4O3. The van der Waals surface area contributed by atoms with Crippen molar-refractivity contribution in [3.8, 4) is 0 Å². The third-order valence-electron chi connectivity index (χ3n) is 3.71. The van der Waals surface area contributed by atoms with Crippen molar-refractivity contribution in [3.63, 3.8) is 0 Å². The van der Waals surface area contributed by atoms with Crippen LogP contribution in [0.15, 0.2) is 30.3 Å². The molecule has 1 heterocycles. The number of urea groups is 1. The Kier molecular flexibility index (Phi) is 6.79. The van der Waals surface area contributed by atoms with Crippen molar-refractivity contribution in [2.24, 2.45) is 0 Å². The van der Waals surface area contributed by atoms with Crippen LogP contribution in [0.2, 0.25) is 0 Å². The first-order valence-corrected chi connectivity index (χ1v) is 8.01. The monoisotopic (exact) mass is 322 g/mol. The Bertz CT molecular complexity index is 485. The normalized spacial score (nSPS) is 19.5. The van der Waals surface area contributed by atoms with E-state index in [1.54, 1.807) is 5.01 Å². The lowest BCUT2D eigenvalue weighted by molar-refractivity contribution is -0.0869. The molecule has 2 rings (SSSR count). The SMILES string of the molecule is CCONC(=O)N(c1ccccc1)N1CCN(C)C(OCC)C1. The number of para-hydroxylation sites is 1. The number of ether oxygens (including phenoxy) is 1. The van der Waals surface area contributed by atoms with Crippen LogP contribution in [0.1, 0.15) is 13.8 Å². The molecule has 1 aromatic rings. The molecule has 1 atom stereocenters. The van der Waals surface area contributed by atoms with E-state index in [-0.39, 0.29) is 12.3 Å². The molecule has 128 valence electrons.